The van der Waals surface area contributed by atoms with Crippen molar-refractivity contribution in [2.24, 2.45) is 0 Å². The maximum absolute atomic E-state index is 12.4. The Bertz CT molecular complexity index is 522. The van der Waals surface area contributed by atoms with Gasteiger partial charge in [-0.1, -0.05) is 25.0 Å². The molecule has 0 aromatic heterocycles. The Morgan fingerprint density at radius 3 is 2.77 bits per heavy atom. The molecule has 3 rings (SSSR count). The van der Waals surface area contributed by atoms with Gasteiger partial charge in [0.1, 0.15) is 5.75 Å². The molecule has 22 heavy (non-hydrogen) atoms. The average molecular weight is 302 g/mol. The average Bonchev–Trinajstić information content (AvgIpc) is 2.79. The molecule has 0 N–H and O–H groups in total. The predicted octanol–water partition coefficient (Wildman–Crippen LogP) is 2.46. The molecule has 0 unspecified atom stereocenters. The van der Waals surface area contributed by atoms with Crippen LogP contribution in [0.2, 0.25) is 0 Å². The van der Waals surface area contributed by atoms with Gasteiger partial charge in [0.15, 0.2) is 0 Å². The van der Waals surface area contributed by atoms with Crippen LogP contribution in [0.5, 0.6) is 5.75 Å². The maximum Gasteiger partial charge on any atom is 0.236 e. The van der Waals surface area contributed by atoms with E-state index in [1.54, 1.807) is 0 Å². The lowest BCUT2D eigenvalue weighted by Gasteiger charge is -2.24. The Hall–Kier alpha value is -1.55. The van der Waals surface area contributed by atoms with Gasteiger partial charge in [-0.3, -0.25) is 9.69 Å². The second kappa shape index (κ2) is 7.14. The number of fused-ring (bicyclic) bond motifs is 1. The minimum atomic E-state index is 0.272. The molecule has 2 aliphatic rings. The molecular formula is C18H26N2O2. The van der Waals surface area contributed by atoms with Crippen LogP contribution < -0.4 is 4.74 Å². The van der Waals surface area contributed by atoms with Gasteiger partial charge in [-0.15, -0.1) is 0 Å². The van der Waals surface area contributed by atoms with E-state index >= 15 is 0 Å². The second-order valence-electron chi connectivity index (χ2n) is 6.51. The third-order valence-electron chi connectivity index (χ3n) is 4.57. The molecule has 0 radical (unpaired) electrons. The van der Waals surface area contributed by atoms with Crippen molar-refractivity contribution in [2.45, 2.75) is 38.6 Å². The highest BCUT2D eigenvalue weighted by Gasteiger charge is 2.18. The van der Waals surface area contributed by atoms with Crippen LogP contribution in [0, 0.1) is 0 Å². The molecule has 1 aromatic carbocycles. The first-order valence-electron chi connectivity index (χ1n) is 8.43. The largest absolute Gasteiger partial charge is 0.493 e. The summed E-state index contributed by atoms with van der Waals surface area (Å²) in [5.74, 6) is 1.29. The summed E-state index contributed by atoms with van der Waals surface area (Å²) < 4.78 is 5.54. The van der Waals surface area contributed by atoms with Crippen molar-refractivity contribution in [3.8, 4) is 5.75 Å². The van der Waals surface area contributed by atoms with Crippen LogP contribution in [0.4, 0.5) is 0 Å². The van der Waals surface area contributed by atoms with Crippen LogP contribution in [-0.4, -0.2) is 49.0 Å². The molecule has 0 atom stereocenters. The molecule has 4 heteroatoms. The van der Waals surface area contributed by atoms with Gasteiger partial charge in [0.25, 0.3) is 0 Å². The molecule has 1 amide bonds. The van der Waals surface area contributed by atoms with E-state index in [2.05, 4.69) is 23.1 Å². The van der Waals surface area contributed by atoms with E-state index in [1.807, 2.05) is 11.9 Å². The summed E-state index contributed by atoms with van der Waals surface area (Å²) in [6.07, 6.45) is 5.83. The summed E-state index contributed by atoms with van der Waals surface area (Å²) in [7, 11) is 2.03. The topological polar surface area (TPSA) is 32.8 Å². The molecule has 0 saturated carbocycles. The SMILES string of the molecule is CN(CC(=O)N1CCCCCC1)Cc1ccc2c(c1)CCO2. The van der Waals surface area contributed by atoms with Crippen molar-refractivity contribution in [1.29, 1.82) is 0 Å². The Morgan fingerprint density at radius 2 is 2.00 bits per heavy atom. The fraction of sp³-hybridized carbons (Fsp3) is 0.611. The number of carbonyl (C=O) groups is 1. The predicted molar refractivity (Wildman–Crippen MR) is 87.0 cm³/mol. The molecule has 0 bridgehead atoms. The van der Waals surface area contributed by atoms with Crippen LogP contribution in [0.1, 0.15) is 36.8 Å². The number of benzene rings is 1. The Labute approximate surface area is 133 Å². The van der Waals surface area contributed by atoms with Crippen molar-refractivity contribution in [2.75, 3.05) is 33.3 Å². The minimum absolute atomic E-state index is 0.272. The second-order valence-corrected chi connectivity index (χ2v) is 6.51. The molecule has 2 aliphatic heterocycles. The molecule has 1 aromatic rings. The van der Waals surface area contributed by atoms with E-state index in [9.17, 15) is 4.79 Å². The fourth-order valence-corrected chi connectivity index (χ4v) is 3.36. The lowest BCUT2D eigenvalue weighted by molar-refractivity contribution is -0.132. The molecule has 0 aliphatic carbocycles. The highest BCUT2D eigenvalue weighted by molar-refractivity contribution is 5.78. The van der Waals surface area contributed by atoms with Crippen LogP contribution in [0.3, 0.4) is 0 Å². The molecule has 2 heterocycles. The molecule has 1 saturated heterocycles. The van der Waals surface area contributed by atoms with Gasteiger partial charge in [-0.2, -0.15) is 0 Å². The Balaban J connectivity index is 1.53. The van der Waals surface area contributed by atoms with E-state index in [-0.39, 0.29) is 5.91 Å². The number of likely N-dealkylation sites (N-methyl/N-ethyl adjacent to an activating group) is 1. The van der Waals surface area contributed by atoms with Crippen LogP contribution >= 0.6 is 0 Å². The Morgan fingerprint density at radius 1 is 1.23 bits per heavy atom. The molecule has 1 fully saturated rings. The van der Waals surface area contributed by atoms with Crippen molar-refractivity contribution < 1.29 is 9.53 Å². The van der Waals surface area contributed by atoms with Crippen molar-refractivity contribution in [1.82, 2.24) is 9.80 Å². The van der Waals surface area contributed by atoms with Gasteiger partial charge in [-0.05, 0) is 37.1 Å². The number of amides is 1. The number of carbonyl (C=O) groups excluding carboxylic acids is 1. The molecule has 120 valence electrons. The lowest BCUT2D eigenvalue weighted by atomic mass is 10.1. The number of ether oxygens (including phenoxy) is 1. The first kappa shape index (κ1) is 15.3. The third kappa shape index (κ3) is 3.80. The Kier molecular flexibility index (Phi) is 4.98. The van der Waals surface area contributed by atoms with Gasteiger partial charge in [0.2, 0.25) is 5.91 Å². The summed E-state index contributed by atoms with van der Waals surface area (Å²) in [5, 5.41) is 0. The fourth-order valence-electron chi connectivity index (χ4n) is 3.36. The molecule has 4 nitrogen and oxygen atoms in total. The number of hydrogen-bond donors (Lipinski definition) is 0. The van der Waals surface area contributed by atoms with E-state index in [0.29, 0.717) is 6.54 Å². The summed E-state index contributed by atoms with van der Waals surface area (Å²) in [4.78, 5) is 16.6. The van der Waals surface area contributed by atoms with Gasteiger partial charge in [-0.25, -0.2) is 0 Å². The number of rotatable bonds is 4. The minimum Gasteiger partial charge on any atom is -0.493 e. The van der Waals surface area contributed by atoms with E-state index in [0.717, 1.165) is 51.3 Å². The van der Waals surface area contributed by atoms with E-state index < -0.39 is 0 Å². The molecule has 0 spiro atoms. The van der Waals surface area contributed by atoms with Crippen molar-refractivity contribution in [3.05, 3.63) is 29.3 Å². The quantitative estimate of drug-likeness (QED) is 0.856. The lowest BCUT2D eigenvalue weighted by Crippen LogP contribution is -2.39. The van der Waals surface area contributed by atoms with Crippen LogP contribution in [0.25, 0.3) is 0 Å². The number of likely N-dealkylation sites (tertiary alicyclic amines) is 1. The summed E-state index contributed by atoms with van der Waals surface area (Å²) in [6.45, 7) is 3.98. The van der Waals surface area contributed by atoms with Crippen LogP contribution in [-0.2, 0) is 17.8 Å². The molecular weight excluding hydrogens is 276 g/mol. The first-order valence-corrected chi connectivity index (χ1v) is 8.43. The van der Waals surface area contributed by atoms with E-state index in [4.69, 9.17) is 4.74 Å². The number of hydrogen-bond acceptors (Lipinski definition) is 3. The summed E-state index contributed by atoms with van der Waals surface area (Å²) >= 11 is 0. The normalized spacial score (nSPS) is 18.0. The van der Waals surface area contributed by atoms with Gasteiger partial charge in [0, 0.05) is 26.1 Å². The van der Waals surface area contributed by atoms with Crippen molar-refractivity contribution in [3.63, 3.8) is 0 Å². The monoisotopic (exact) mass is 302 g/mol. The van der Waals surface area contributed by atoms with Gasteiger partial charge in [0.05, 0.1) is 13.2 Å². The highest BCUT2D eigenvalue weighted by Crippen LogP contribution is 2.26. The standard InChI is InChI=1S/C18H26N2O2/c1-19(14-18(21)20-9-4-2-3-5-10-20)13-15-6-7-17-16(12-15)8-11-22-17/h6-7,12H,2-5,8-11,13-14H2,1H3. The summed E-state index contributed by atoms with van der Waals surface area (Å²) in [5.41, 5.74) is 2.56. The third-order valence-corrected chi connectivity index (χ3v) is 4.57. The smallest absolute Gasteiger partial charge is 0.236 e. The number of nitrogens with zero attached hydrogens (tertiary/aromatic N) is 2. The van der Waals surface area contributed by atoms with Gasteiger partial charge >= 0.3 is 0 Å². The highest BCUT2D eigenvalue weighted by atomic mass is 16.5. The first-order chi connectivity index (χ1) is 10.7. The van der Waals surface area contributed by atoms with Crippen molar-refractivity contribution >= 4 is 5.91 Å². The zero-order chi connectivity index (χ0) is 15.4. The van der Waals surface area contributed by atoms with Crippen LogP contribution in [0.15, 0.2) is 18.2 Å². The zero-order valence-corrected chi connectivity index (χ0v) is 13.5. The van der Waals surface area contributed by atoms with Gasteiger partial charge < -0.3 is 9.64 Å². The zero-order valence-electron chi connectivity index (χ0n) is 13.5. The summed E-state index contributed by atoms with van der Waals surface area (Å²) in [6, 6.07) is 6.38. The van der Waals surface area contributed by atoms with E-state index in [1.165, 1.54) is 24.0 Å². The maximum atomic E-state index is 12.4.